The Hall–Kier alpha value is -2.10. The van der Waals surface area contributed by atoms with Crippen molar-refractivity contribution in [3.63, 3.8) is 0 Å². The van der Waals surface area contributed by atoms with E-state index >= 15 is 0 Å². The number of rotatable bonds is 6. The zero-order valence-electron chi connectivity index (χ0n) is 12.1. The lowest BCUT2D eigenvalue weighted by Gasteiger charge is -2.07. The van der Waals surface area contributed by atoms with Gasteiger partial charge < -0.3 is 5.32 Å². The number of aromatic nitrogens is 2. The van der Waals surface area contributed by atoms with Crippen molar-refractivity contribution in [3.05, 3.63) is 53.3 Å². The van der Waals surface area contributed by atoms with E-state index in [2.05, 4.69) is 16.5 Å². The highest BCUT2D eigenvalue weighted by molar-refractivity contribution is 5.78. The minimum Gasteiger partial charge on any atom is -0.356 e. The summed E-state index contributed by atoms with van der Waals surface area (Å²) in [6.07, 6.45) is 1.34. The molecule has 1 N–H and O–H groups in total. The molecule has 2 aromatic rings. The molecular weight excluding hydrogens is 250 g/mol. The molecule has 0 unspecified atom stereocenters. The van der Waals surface area contributed by atoms with Crippen molar-refractivity contribution < 1.29 is 4.79 Å². The number of aryl methyl sites for hydroxylation is 3. The second-order valence-electron chi connectivity index (χ2n) is 5.02. The van der Waals surface area contributed by atoms with Crippen LogP contribution in [0.3, 0.4) is 0 Å². The average Bonchev–Trinajstić information content (AvgIpc) is 2.74. The van der Waals surface area contributed by atoms with Gasteiger partial charge in [0.15, 0.2) is 0 Å². The van der Waals surface area contributed by atoms with Gasteiger partial charge in [-0.1, -0.05) is 30.3 Å². The highest BCUT2D eigenvalue weighted by Gasteiger charge is 2.03. The lowest BCUT2D eigenvalue weighted by atomic mass is 10.1. The molecule has 4 nitrogen and oxygen atoms in total. The normalized spacial score (nSPS) is 10.5. The van der Waals surface area contributed by atoms with Crippen LogP contribution in [0.4, 0.5) is 0 Å². The number of hydrogen-bond acceptors (Lipinski definition) is 2. The molecule has 0 atom stereocenters. The van der Waals surface area contributed by atoms with E-state index in [0.29, 0.717) is 13.0 Å². The molecule has 0 aliphatic carbocycles. The fraction of sp³-hybridized carbons (Fsp3) is 0.375. The molecule has 0 saturated heterocycles. The van der Waals surface area contributed by atoms with Gasteiger partial charge in [0, 0.05) is 18.8 Å². The predicted molar refractivity (Wildman–Crippen MR) is 79.5 cm³/mol. The molecule has 1 heterocycles. The van der Waals surface area contributed by atoms with Crippen molar-refractivity contribution in [3.8, 4) is 0 Å². The van der Waals surface area contributed by atoms with Crippen molar-refractivity contribution in [1.82, 2.24) is 15.1 Å². The molecule has 4 heteroatoms. The lowest BCUT2D eigenvalue weighted by Crippen LogP contribution is -2.27. The van der Waals surface area contributed by atoms with E-state index in [1.807, 2.05) is 48.9 Å². The van der Waals surface area contributed by atoms with Crippen LogP contribution in [0.15, 0.2) is 36.4 Å². The monoisotopic (exact) mass is 271 g/mol. The van der Waals surface area contributed by atoms with Gasteiger partial charge in [0.05, 0.1) is 12.1 Å². The zero-order chi connectivity index (χ0) is 14.4. The molecule has 0 saturated carbocycles. The Morgan fingerprint density at radius 1 is 1.25 bits per heavy atom. The van der Waals surface area contributed by atoms with E-state index in [1.165, 1.54) is 0 Å². The largest absolute Gasteiger partial charge is 0.356 e. The number of nitrogens with zero attached hydrogens (tertiary/aromatic N) is 2. The van der Waals surface area contributed by atoms with Crippen LogP contribution in [0.25, 0.3) is 0 Å². The van der Waals surface area contributed by atoms with E-state index in [1.54, 1.807) is 0 Å². The van der Waals surface area contributed by atoms with Gasteiger partial charge in [0.1, 0.15) is 0 Å². The third kappa shape index (κ3) is 4.23. The summed E-state index contributed by atoms with van der Waals surface area (Å²) < 4.78 is 1.98. The molecule has 20 heavy (non-hydrogen) atoms. The first kappa shape index (κ1) is 14.3. The van der Waals surface area contributed by atoms with Crippen molar-refractivity contribution in [1.29, 1.82) is 0 Å². The van der Waals surface area contributed by atoms with Crippen LogP contribution in [-0.2, 0) is 17.8 Å². The summed E-state index contributed by atoms with van der Waals surface area (Å²) in [5, 5.41) is 7.35. The van der Waals surface area contributed by atoms with Crippen molar-refractivity contribution >= 4 is 5.91 Å². The summed E-state index contributed by atoms with van der Waals surface area (Å²) in [5.41, 5.74) is 3.25. The quantitative estimate of drug-likeness (QED) is 0.819. The molecule has 1 aromatic carbocycles. The fourth-order valence-corrected chi connectivity index (χ4v) is 2.20. The summed E-state index contributed by atoms with van der Waals surface area (Å²) in [7, 11) is 0. The van der Waals surface area contributed by atoms with Crippen molar-refractivity contribution in [2.45, 2.75) is 33.2 Å². The number of carbonyl (C=O) groups is 1. The first-order valence-corrected chi connectivity index (χ1v) is 6.97. The van der Waals surface area contributed by atoms with Gasteiger partial charge in [-0.25, -0.2) is 0 Å². The van der Waals surface area contributed by atoms with E-state index in [9.17, 15) is 4.79 Å². The van der Waals surface area contributed by atoms with Gasteiger partial charge in [-0.15, -0.1) is 0 Å². The Morgan fingerprint density at radius 3 is 2.65 bits per heavy atom. The third-order valence-corrected chi connectivity index (χ3v) is 3.18. The Morgan fingerprint density at radius 2 is 2.00 bits per heavy atom. The summed E-state index contributed by atoms with van der Waals surface area (Å²) in [6.45, 7) is 5.56. The van der Waals surface area contributed by atoms with Gasteiger partial charge in [0.25, 0.3) is 0 Å². The molecule has 0 bridgehead atoms. The molecule has 2 rings (SSSR count). The SMILES string of the molecule is Cc1cc(C)n(CCCNC(=O)Cc2ccccc2)n1. The number of benzene rings is 1. The summed E-state index contributed by atoms with van der Waals surface area (Å²) in [6, 6.07) is 11.9. The average molecular weight is 271 g/mol. The first-order valence-electron chi connectivity index (χ1n) is 6.97. The van der Waals surface area contributed by atoms with Crippen molar-refractivity contribution in [2.24, 2.45) is 0 Å². The molecule has 0 aliphatic heterocycles. The van der Waals surface area contributed by atoms with Crippen molar-refractivity contribution in [2.75, 3.05) is 6.54 Å². The van der Waals surface area contributed by atoms with Crippen LogP contribution < -0.4 is 5.32 Å². The highest BCUT2D eigenvalue weighted by Crippen LogP contribution is 2.02. The molecule has 0 fully saturated rings. The van der Waals surface area contributed by atoms with Crippen LogP contribution in [0.2, 0.25) is 0 Å². The Labute approximate surface area is 119 Å². The number of carbonyl (C=O) groups excluding carboxylic acids is 1. The Bertz CT molecular complexity index is 560. The molecule has 1 amide bonds. The minimum absolute atomic E-state index is 0.0737. The molecule has 0 radical (unpaired) electrons. The maximum absolute atomic E-state index is 11.8. The minimum atomic E-state index is 0.0737. The Kier molecular flexibility index (Phi) is 4.93. The van der Waals surface area contributed by atoms with Crippen LogP contribution in [0.5, 0.6) is 0 Å². The fourth-order valence-electron chi connectivity index (χ4n) is 2.20. The maximum atomic E-state index is 11.8. The van der Waals surface area contributed by atoms with Gasteiger partial charge in [0.2, 0.25) is 5.91 Å². The number of nitrogens with one attached hydrogen (secondary N) is 1. The second kappa shape index (κ2) is 6.89. The third-order valence-electron chi connectivity index (χ3n) is 3.18. The zero-order valence-corrected chi connectivity index (χ0v) is 12.1. The standard InChI is InChI=1S/C16H21N3O/c1-13-11-14(2)19(18-13)10-6-9-17-16(20)12-15-7-4-3-5-8-15/h3-5,7-8,11H,6,9-10,12H2,1-2H3,(H,17,20). The number of amides is 1. The topological polar surface area (TPSA) is 46.9 Å². The molecule has 1 aromatic heterocycles. The van der Waals surface area contributed by atoms with Crippen LogP contribution in [0, 0.1) is 13.8 Å². The van der Waals surface area contributed by atoms with Crippen LogP contribution in [0.1, 0.15) is 23.4 Å². The summed E-state index contributed by atoms with van der Waals surface area (Å²) >= 11 is 0. The molecular formula is C16H21N3O. The van der Waals surface area contributed by atoms with E-state index in [-0.39, 0.29) is 5.91 Å². The van der Waals surface area contributed by atoms with Gasteiger partial charge >= 0.3 is 0 Å². The smallest absolute Gasteiger partial charge is 0.224 e. The van der Waals surface area contributed by atoms with E-state index < -0.39 is 0 Å². The van der Waals surface area contributed by atoms with E-state index in [4.69, 9.17) is 0 Å². The molecule has 0 aliphatic rings. The molecule has 0 spiro atoms. The van der Waals surface area contributed by atoms with Crippen LogP contribution in [-0.4, -0.2) is 22.2 Å². The highest BCUT2D eigenvalue weighted by atomic mass is 16.1. The lowest BCUT2D eigenvalue weighted by molar-refractivity contribution is -0.120. The summed E-state index contributed by atoms with van der Waals surface area (Å²) in [4.78, 5) is 11.8. The number of hydrogen-bond donors (Lipinski definition) is 1. The van der Waals surface area contributed by atoms with Gasteiger partial charge in [-0.05, 0) is 31.9 Å². The molecule has 106 valence electrons. The van der Waals surface area contributed by atoms with E-state index in [0.717, 1.165) is 29.9 Å². The Balaban J connectivity index is 1.68. The van der Waals surface area contributed by atoms with Gasteiger partial charge in [-0.3, -0.25) is 9.48 Å². The first-order chi connectivity index (χ1) is 9.65. The maximum Gasteiger partial charge on any atom is 0.224 e. The summed E-state index contributed by atoms with van der Waals surface area (Å²) in [5.74, 6) is 0.0737. The second-order valence-corrected chi connectivity index (χ2v) is 5.02. The van der Waals surface area contributed by atoms with Crippen LogP contribution >= 0.6 is 0 Å². The van der Waals surface area contributed by atoms with Gasteiger partial charge in [-0.2, -0.15) is 5.10 Å². The predicted octanol–water partition coefficient (Wildman–Crippen LogP) is 2.25.